The zero-order valence-electron chi connectivity index (χ0n) is 14.1. The first-order chi connectivity index (χ1) is 12.0. The van der Waals surface area contributed by atoms with Crippen molar-refractivity contribution in [3.8, 4) is 0 Å². The van der Waals surface area contributed by atoms with Crippen molar-refractivity contribution in [2.45, 2.75) is 26.4 Å². The van der Waals surface area contributed by atoms with E-state index in [1.54, 1.807) is 24.3 Å². The molecule has 0 fully saturated rings. The van der Waals surface area contributed by atoms with Crippen LogP contribution >= 0.6 is 0 Å². The maximum Gasteiger partial charge on any atom is 0.273 e. The molecule has 0 saturated heterocycles. The van der Waals surface area contributed by atoms with Gasteiger partial charge >= 0.3 is 0 Å². The third kappa shape index (κ3) is 3.52. The lowest BCUT2D eigenvalue weighted by molar-refractivity contribution is -0.122. The average molecular weight is 337 g/mol. The lowest BCUT2D eigenvalue weighted by Crippen LogP contribution is -2.37. The van der Waals surface area contributed by atoms with Gasteiger partial charge in [0.25, 0.3) is 11.1 Å². The molecule has 1 amide bonds. The largest absolute Gasteiger partial charge is 0.348 e. The number of H-pyrrole nitrogens is 1. The highest BCUT2D eigenvalue weighted by Crippen LogP contribution is 2.12. The van der Waals surface area contributed by atoms with Crippen molar-refractivity contribution in [2.75, 3.05) is 0 Å². The molecule has 1 heterocycles. The van der Waals surface area contributed by atoms with Crippen LogP contribution in [0.3, 0.4) is 0 Å². The molecule has 0 saturated carbocycles. The van der Waals surface area contributed by atoms with E-state index in [4.69, 9.17) is 0 Å². The van der Waals surface area contributed by atoms with Gasteiger partial charge in [0.1, 0.15) is 6.54 Å². The topological polar surface area (TPSA) is 84.0 Å². The molecule has 3 rings (SSSR count). The van der Waals surface area contributed by atoms with Crippen LogP contribution in [0.1, 0.15) is 24.1 Å². The monoisotopic (exact) mass is 337 g/mol. The number of fused-ring (bicyclic) bond motifs is 1. The Morgan fingerprint density at radius 1 is 1.08 bits per heavy atom. The van der Waals surface area contributed by atoms with Gasteiger partial charge in [-0.2, -0.15) is 0 Å². The molecule has 0 aliphatic heterocycles. The summed E-state index contributed by atoms with van der Waals surface area (Å²) in [6.07, 6.45) is 0. The van der Waals surface area contributed by atoms with Gasteiger partial charge in [-0.3, -0.25) is 19.5 Å². The highest BCUT2D eigenvalue weighted by Gasteiger charge is 2.13. The summed E-state index contributed by atoms with van der Waals surface area (Å²) < 4.78 is 1.04. The second-order valence-electron chi connectivity index (χ2n) is 6.08. The molecule has 1 atom stereocenters. The number of benzene rings is 2. The van der Waals surface area contributed by atoms with Gasteiger partial charge in [-0.05, 0) is 31.5 Å². The molecule has 0 bridgehead atoms. The summed E-state index contributed by atoms with van der Waals surface area (Å²) in [5.41, 5.74) is 1.32. The number of hydrogen-bond donors (Lipinski definition) is 2. The van der Waals surface area contributed by atoms with Crippen LogP contribution in [0.15, 0.2) is 58.1 Å². The summed E-state index contributed by atoms with van der Waals surface area (Å²) in [5.74, 6) is -0.346. The molecule has 2 N–H and O–H groups in total. The molecule has 6 heteroatoms. The smallest absolute Gasteiger partial charge is 0.273 e. The summed E-state index contributed by atoms with van der Waals surface area (Å²) in [7, 11) is 0. The first-order valence-corrected chi connectivity index (χ1v) is 8.03. The van der Waals surface area contributed by atoms with Gasteiger partial charge in [0, 0.05) is 0 Å². The Balaban J connectivity index is 1.80. The zero-order chi connectivity index (χ0) is 18.0. The second kappa shape index (κ2) is 6.76. The van der Waals surface area contributed by atoms with Crippen LogP contribution in [0.5, 0.6) is 0 Å². The maximum absolute atomic E-state index is 12.4. The molecule has 25 heavy (non-hydrogen) atoms. The van der Waals surface area contributed by atoms with E-state index in [0.29, 0.717) is 10.8 Å². The summed E-state index contributed by atoms with van der Waals surface area (Å²) in [5, 5.41) is 5.91. The van der Waals surface area contributed by atoms with Gasteiger partial charge in [0.05, 0.1) is 16.8 Å². The number of hydrogen-bond acceptors (Lipinski definition) is 3. The number of aromatic nitrogens is 2. The van der Waals surface area contributed by atoms with E-state index in [1.807, 2.05) is 38.1 Å². The fraction of sp³-hybridized carbons (Fsp3) is 0.211. The number of carbonyl (C=O) groups is 1. The van der Waals surface area contributed by atoms with E-state index in [9.17, 15) is 14.4 Å². The molecule has 1 unspecified atom stereocenters. The minimum absolute atomic E-state index is 0.198. The molecule has 0 spiro atoms. The fourth-order valence-electron chi connectivity index (χ4n) is 2.73. The number of amides is 1. The molecule has 1 aromatic heterocycles. The Kier molecular flexibility index (Phi) is 4.52. The summed E-state index contributed by atoms with van der Waals surface area (Å²) >= 11 is 0. The van der Waals surface area contributed by atoms with Crippen LogP contribution in [0.4, 0.5) is 0 Å². The minimum atomic E-state index is -0.395. The molecular weight excluding hydrogens is 318 g/mol. The first kappa shape index (κ1) is 16.7. The number of nitrogens with one attached hydrogen (secondary N) is 2. The van der Waals surface area contributed by atoms with Crippen LogP contribution in [0, 0.1) is 6.92 Å². The van der Waals surface area contributed by atoms with Crippen molar-refractivity contribution in [3.63, 3.8) is 0 Å². The Labute approximate surface area is 144 Å². The van der Waals surface area contributed by atoms with Gasteiger partial charge in [0.2, 0.25) is 5.91 Å². The van der Waals surface area contributed by atoms with Crippen molar-refractivity contribution >= 4 is 16.7 Å². The van der Waals surface area contributed by atoms with Gasteiger partial charge in [-0.15, -0.1) is 0 Å². The zero-order valence-corrected chi connectivity index (χ0v) is 14.1. The molecule has 0 aliphatic rings. The predicted octanol–water partition coefficient (Wildman–Crippen LogP) is 1.88. The Morgan fingerprint density at radius 3 is 2.40 bits per heavy atom. The average Bonchev–Trinajstić information content (AvgIpc) is 2.60. The van der Waals surface area contributed by atoms with E-state index in [0.717, 1.165) is 15.8 Å². The Bertz CT molecular complexity index is 1030. The summed E-state index contributed by atoms with van der Waals surface area (Å²) in [4.78, 5) is 36.8. The van der Waals surface area contributed by atoms with Crippen LogP contribution in [0.25, 0.3) is 10.8 Å². The molecular formula is C19H19N3O3. The number of nitrogens with zero attached hydrogens (tertiary/aromatic N) is 1. The van der Waals surface area contributed by atoms with Gasteiger partial charge in [-0.1, -0.05) is 42.0 Å². The van der Waals surface area contributed by atoms with Gasteiger partial charge in [0.15, 0.2) is 0 Å². The van der Waals surface area contributed by atoms with E-state index in [1.165, 1.54) is 0 Å². The molecule has 0 radical (unpaired) electrons. The quantitative estimate of drug-likeness (QED) is 0.762. The molecule has 3 aromatic rings. The SMILES string of the molecule is Cc1ccc(C(C)NC(=O)Cn2[nH]c(=O)c3ccccc3c2=O)cc1. The van der Waals surface area contributed by atoms with E-state index in [2.05, 4.69) is 10.4 Å². The predicted molar refractivity (Wildman–Crippen MR) is 96.6 cm³/mol. The second-order valence-corrected chi connectivity index (χ2v) is 6.08. The Morgan fingerprint density at radius 2 is 1.72 bits per heavy atom. The van der Waals surface area contributed by atoms with Crippen molar-refractivity contribution in [1.82, 2.24) is 15.1 Å². The van der Waals surface area contributed by atoms with E-state index in [-0.39, 0.29) is 18.5 Å². The Hall–Kier alpha value is -3.15. The van der Waals surface area contributed by atoms with E-state index < -0.39 is 11.1 Å². The van der Waals surface area contributed by atoms with Crippen LogP contribution in [-0.2, 0) is 11.3 Å². The molecule has 6 nitrogen and oxygen atoms in total. The normalized spacial score (nSPS) is 12.1. The summed E-state index contributed by atoms with van der Waals surface area (Å²) in [6.45, 7) is 3.62. The molecule has 2 aromatic carbocycles. The lowest BCUT2D eigenvalue weighted by Gasteiger charge is -2.15. The highest BCUT2D eigenvalue weighted by molar-refractivity contribution is 5.81. The number of aryl methyl sites for hydroxylation is 1. The molecule has 0 aliphatic carbocycles. The van der Waals surface area contributed by atoms with Crippen LogP contribution < -0.4 is 16.4 Å². The third-order valence-electron chi connectivity index (χ3n) is 4.14. The summed E-state index contributed by atoms with van der Waals surface area (Å²) in [6, 6.07) is 14.2. The van der Waals surface area contributed by atoms with Crippen molar-refractivity contribution in [2.24, 2.45) is 0 Å². The van der Waals surface area contributed by atoms with Crippen molar-refractivity contribution in [3.05, 3.63) is 80.4 Å². The van der Waals surface area contributed by atoms with Gasteiger partial charge in [-0.25, -0.2) is 4.68 Å². The minimum Gasteiger partial charge on any atom is -0.348 e. The van der Waals surface area contributed by atoms with Crippen LogP contribution in [-0.4, -0.2) is 15.7 Å². The maximum atomic E-state index is 12.4. The standard InChI is InChI=1S/C19H19N3O3/c1-12-7-9-14(10-8-12)13(2)20-17(23)11-22-19(25)16-6-4-3-5-15(16)18(24)21-22/h3-10,13H,11H2,1-2H3,(H,20,23)(H,21,24). The lowest BCUT2D eigenvalue weighted by atomic mass is 10.1. The van der Waals surface area contributed by atoms with Crippen LogP contribution in [0.2, 0.25) is 0 Å². The van der Waals surface area contributed by atoms with E-state index >= 15 is 0 Å². The first-order valence-electron chi connectivity index (χ1n) is 8.03. The van der Waals surface area contributed by atoms with Gasteiger partial charge < -0.3 is 5.32 Å². The number of rotatable bonds is 4. The highest BCUT2D eigenvalue weighted by atomic mass is 16.2. The fourth-order valence-corrected chi connectivity index (χ4v) is 2.73. The van der Waals surface area contributed by atoms with Crippen molar-refractivity contribution in [1.29, 1.82) is 0 Å². The number of aromatic amines is 1. The van der Waals surface area contributed by atoms with Crippen molar-refractivity contribution < 1.29 is 4.79 Å². The third-order valence-corrected chi connectivity index (χ3v) is 4.14. The molecule has 128 valence electrons. The number of carbonyl (C=O) groups excluding carboxylic acids is 1.